The Morgan fingerprint density at radius 2 is 1.69 bits per heavy atom. The molecule has 1 aliphatic rings. The molecule has 2 unspecified atom stereocenters. The molecule has 0 spiro atoms. The highest BCUT2D eigenvalue weighted by Gasteiger charge is 2.29. The SMILES string of the molecule is NC1CCc2c(ccc(O)c2O)C1CCCCCCNCCc1ccc(S(=O)(=O)O)cc1. The molecule has 0 saturated carbocycles. The molecule has 6 N–H and O–H groups in total. The maximum atomic E-state index is 11.1. The van der Waals surface area contributed by atoms with E-state index >= 15 is 0 Å². The van der Waals surface area contributed by atoms with Crippen LogP contribution in [0.4, 0.5) is 0 Å². The minimum absolute atomic E-state index is 0.0137. The van der Waals surface area contributed by atoms with E-state index in [0.717, 1.165) is 74.7 Å². The predicted molar refractivity (Wildman–Crippen MR) is 125 cm³/mol. The van der Waals surface area contributed by atoms with Crippen LogP contribution < -0.4 is 11.1 Å². The van der Waals surface area contributed by atoms with E-state index in [4.69, 9.17) is 10.3 Å². The van der Waals surface area contributed by atoms with Crippen LogP contribution in [-0.2, 0) is 23.0 Å². The second-order valence-electron chi connectivity index (χ2n) is 8.63. The molecule has 7 nitrogen and oxygen atoms in total. The first-order valence-corrected chi connectivity index (χ1v) is 12.8. The number of hydrogen-bond acceptors (Lipinski definition) is 6. The second-order valence-corrected chi connectivity index (χ2v) is 10.1. The standard InChI is InChI=1S/C24H34N2O5S/c25-22-12-10-21-19(11-13-23(27)24(21)28)20(22)5-3-1-2-4-15-26-16-14-17-6-8-18(9-7-17)32(29,30)31/h6-9,11,13,20,22,26-28H,1-5,10,12,14-16,25H2,(H,29,30,31). The van der Waals surface area contributed by atoms with E-state index in [-0.39, 0.29) is 28.4 Å². The first-order valence-electron chi connectivity index (χ1n) is 11.3. The van der Waals surface area contributed by atoms with Crippen LogP contribution in [0.15, 0.2) is 41.3 Å². The zero-order valence-corrected chi connectivity index (χ0v) is 19.2. The molecule has 8 heteroatoms. The Bertz CT molecular complexity index is 992. The van der Waals surface area contributed by atoms with Crippen LogP contribution in [0.25, 0.3) is 0 Å². The van der Waals surface area contributed by atoms with Crippen LogP contribution >= 0.6 is 0 Å². The van der Waals surface area contributed by atoms with E-state index in [1.165, 1.54) is 12.1 Å². The number of aromatic hydroxyl groups is 2. The number of rotatable bonds is 11. The number of unbranched alkanes of at least 4 members (excludes halogenated alkanes) is 3. The normalized spacial score (nSPS) is 18.4. The Kier molecular flexibility index (Phi) is 8.53. The molecule has 0 fully saturated rings. The number of fused-ring (bicyclic) bond motifs is 1. The molecule has 0 heterocycles. The van der Waals surface area contributed by atoms with Gasteiger partial charge in [0.1, 0.15) is 0 Å². The first-order chi connectivity index (χ1) is 15.3. The highest BCUT2D eigenvalue weighted by molar-refractivity contribution is 7.85. The van der Waals surface area contributed by atoms with Crippen LogP contribution in [-0.4, -0.2) is 42.3 Å². The van der Waals surface area contributed by atoms with Gasteiger partial charge in [-0.1, -0.05) is 37.5 Å². The van der Waals surface area contributed by atoms with E-state index < -0.39 is 10.1 Å². The Balaban J connectivity index is 1.30. The van der Waals surface area contributed by atoms with Crippen molar-refractivity contribution in [3.63, 3.8) is 0 Å². The molecule has 176 valence electrons. The first kappa shape index (κ1) is 24.5. The summed E-state index contributed by atoms with van der Waals surface area (Å²) in [6.07, 6.45) is 7.76. The fraction of sp³-hybridized carbons (Fsp3) is 0.500. The third-order valence-corrected chi connectivity index (χ3v) is 7.24. The van der Waals surface area contributed by atoms with Crippen molar-refractivity contribution in [3.8, 4) is 11.5 Å². The molecule has 32 heavy (non-hydrogen) atoms. The summed E-state index contributed by atoms with van der Waals surface area (Å²) in [5, 5.41) is 23.3. The van der Waals surface area contributed by atoms with E-state index in [9.17, 15) is 18.6 Å². The summed E-state index contributed by atoms with van der Waals surface area (Å²) >= 11 is 0. The molecule has 1 aliphatic carbocycles. The molecule has 3 rings (SSSR count). The highest BCUT2D eigenvalue weighted by Crippen LogP contribution is 2.42. The quantitative estimate of drug-likeness (QED) is 0.196. The topological polar surface area (TPSA) is 133 Å². The Morgan fingerprint density at radius 3 is 2.41 bits per heavy atom. The maximum absolute atomic E-state index is 11.1. The Labute approximate surface area is 190 Å². The van der Waals surface area contributed by atoms with Gasteiger partial charge in [0.15, 0.2) is 11.5 Å². The van der Waals surface area contributed by atoms with Crippen LogP contribution in [0.2, 0.25) is 0 Å². The molecule has 2 aromatic rings. The Morgan fingerprint density at radius 1 is 0.969 bits per heavy atom. The number of nitrogens with two attached hydrogens (primary N) is 1. The third kappa shape index (κ3) is 6.45. The summed E-state index contributed by atoms with van der Waals surface area (Å²) in [6, 6.07) is 9.86. The summed E-state index contributed by atoms with van der Waals surface area (Å²) < 4.78 is 31.1. The van der Waals surface area contributed by atoms with E-state index in [0.29, 0.717) is 6.42 Å². The molecular formula is C24H34N2O5S. The van der Waals surface area contributed by atoms with Crippen molar-refractivity contribution in [1.29, 1.82) is 0 Å². The lowest BCUT2D eigenvalue weighted by atomic mass is 9.76. The molecule has 2 aromatic carbocycles. The number of phenols is 2. The van der Waals surface area contributed by atoms with Gasteiger partial charge in [0.05, 0.1) is 4.90 Å². The number of hydrogen-bond donors (Lipinski definition) is 5. The van der Waals surface area contributed by atoms with Gasteiger partial charge in [-0.2, -0.15) is 8.42 Å². The van der Waals surface area contributed by atoms with Crippen molar-refractivity contribution in [2.24, 2.45) is 5.73 Å². The molecule has 0 saturated heterocycles. The van der Waals surface area contributed by atoms with Crippen LogP contribution in [0.5, 0.6) is 11.5 Å². The lowest BCUT2D eigenvalue weighted by molar-refractivity contribution is 0.380. The zero-order valence-electron chi connectivity index (χ0n) is 18.3. The van der Waals surface area contributed by atoms with Gasteiger partial charge in [-0.05, 0) is 80.4 Å². The lowest BCUT2D eigenvalue weighted by Gasteiger charge is -2.32. The van der Waals surface area contributed by atoms with Gasteiger partial charge in [0, 0.05) is 11.6 Å². The molecule has 2 atom stereocenters. The van der Waals surface area contributed by atoms with Crippen LogP contribution in [0.1, 0.15) is 61.1 Å². The predicted octanol–water partition coefficient (Wildman–Crippen LogP) is 3.48. The minimum atomic E-state index is -4.13. The lowest BCUT2D eigenvalue weighted by Crippen LogP contribution is -2.33. The van der Waals surface area contributed by atoms with E-state index in [1.807, 2.05) is 6.07 Å². The number of phenolic OH excluding ortho intramolecular Hbond substituents is 2. The number of nitrogens with one attached hydrogen (secondary N) is 1. The van der Waals surface area contributed by atoms with Crippen molar-refractivity contribution < 1.29 is 23.2 Å². The Hall–Kier alpha value is -2.13. The highest BCUT2D eigenvalue weighted by atomic mass is 32.2. The van der Waals surface area contributed by atoms with Gasteiger partial charge < -0.3 is 21.3 Å². The molecule has 0 aromatic heterocycles. The van der Waals surface area contributed by atoms with Crippen molar-refractivity contribution >= 4 is 10.1 Å². The average Bonchev–Trinajstić information content (AvgIpc) is 2.76. The van der Waals surface area contributed by atoms with Gasteiger partial charge in [0.25, 0.3) is 10.1 Å². The van der Waals surface area contributed by atoms with E-state index in [1.54, 1.807) is 18.2 Å². The molecule has 0 aliphatic heterocycles. The van der Waals surface area contributed by atoms with Crippen molar-refractivity contribution in [2.45, 2.75) is 68.2 Å². The zero-order chi connectivity index (χ0) is 23.1. The summed E-state index contributed by atoms with van der Waals surface area (Å²) in [5.74, 6) is 0.191. The van der Waals surface area contributed by atoms with Crippen LogP contribution in [0, 0.1) is 0 Å². The fourth-order valence-corrected chi connectivity index (χ4v) is 5.00. The van der Waals surface area contributed by atoms with E-state index in [2.05, 4.69) is 5.32 Å². The maximum Gasteiger partial charge on any atom is 0.294 e. The summed E-state index contributed by atoms with van der Waals surface area (Å²) in [5.41, 5.74) is 9.32. The largest absolute Gasteiger partial charge is 0.504 e. The van der Waals surface area contributed by atoms with Gasteiger partial charge in [-0.15, -0.1) is 0 Å². The summed E-state index contributed by atoms with van der Waals surface area (Å²) in [4.78, 5) is -0.0816. The second kappa shape index (κ2) is 11.1. The van der Waals surface area contributed by atoms with Gasteiger partial charge in [-0.3, -0.25) is 4.55 Å². The monoisotopic (exact) mass is 462 g/mol. The van der Waals surface area contributed by atoms with Crippen molar-refractivity contribution in [1.82, 2.24) is 5.32 Å². The molecule has 0 bridgehead atoms. The van der Waals surface area contributed by atoms with Gasteiger partial charge in [0.2, 0.25) is 0 Å². The van der Waals surface area contributed by atoms with Crippen LogP contribution in [0.3, 0.4) is 0 Å². The van der Waals surface area contributed by atoms with Gasteiger partial charge in [-0.25, -0.2) is 0 Å². The minimum Gasteiger partial charge on any atom is -0.504 e. The van der Waals surface area contributed by atoms with Crippen molar-refractivity contribution in [2.75, 3.05) is 13.1 Å². The fourth-order valence-electron chi connectivity index (χ4n) is 4.52. The smallest absolute Gasteiger partial charge is 0.294 e. The van der Waals surface area contributed by atoms with Crippen molar-refractivity contribution in [3.05, 3.63) is 53.1 Å². The number of benzene rings is 2. The molecule has 0 amide bonds. The summed E-state index contributed by atoms with van der Waals surface area (Å²) in [6.45, 7) is 1.75. The summed E-state index contributed by atoms with van der Waals surface area (Å²) in [7, 11) is -4.13. The van der Waals surface area contributed by atoms with Gasteiger partial charge >= 0.3 is 0 Å². The molecular weight excluding hydrogens is 428 g/mol. The molecule has 0 radical (unpaired) electrons. The third-order valence-electron chi connectivity index (χ3n) is 6.37. The average molecular weight is 463 g/mol.